The molecule has 0 aliphatic heterocycles. The van der Waals surface area contributed by atoms with E-state index in [9.17, 15) is 257 Å². The molecule has 0 spiro atoms. The van der Waals surface area contributed by atoms with Crippen molar-refractivity contribution in [1.82, 2.24) is 0 Å². The van der Waals surface area contributed by atoms with Crippen LogP contribution in [0.5, 0.6) is 0 Å². The van der Waals surface area contributed by atoms with Crippen molar-refractivity contribution in [3.8, 4) is 0 Å². The summed E-state index contributed by atoms with van der Waals surface area (Å²) in [6.45, 7) is -5.04. The van der Waals surface area contributed by atoms with Gasteiger partial charge < -0.3 is 19.7 Å². The van der Waals surface area contributed by atoms with Crippen molar-refractivity contribution in [3.05, 3.63) is 0 Å². The third-order valence-corrected chi connectivity index (χ3v) is 12.4. The molecule has 0 saturated carbocycles. The summed E-state index contributed by atoms with van der Waals surface area (Å²) in [5.41, 5.74) is 0. The summed E-state index contributed by atoms with van der Waals surface area (Å²) >= 11 is 0. The van der Waals surface area contributed by atoms with Crippen molar-refractivity contribution in [2.75, 3.05) is 13.2 Å². The Morgan fingerprint density at radius 1 is 0.214 bits per heavy atom. The summed E-state index contributed by atoms with van der Waals surface area (Å²) in [6.07, 6.45) is -37.9. The molecule has 0 aromatic carbocycles. The van der Waals surface area contributed by atoms with E-state index in [0.29, 0.717) is 0 Å². The highest BCUT2D eigenvalue weighted by atomic mass is 19.5. The lowest BCUT2D eigenvalue weighted by Crippen LogP contribution is -2.78. The zero-order valence-corrected chi connectivity index (χ0v) is 43.7. The van der Waals surface area contributed by atoms with Gasteiger partial charge >= 0.3 is 166 Å². The van der Waals surface area contributed by atoms with E-state index in [1.807, 2.05) is 0 Å². The minimum atomic E-state index is -10.1. The molecule has 0 fully saturated rings. The molecule has 0 saturated heterocycles. The Balaban J connectivity index is 6.29. The normalized spacial score (nSPS) is 17.1. The predicted octanol–water partition coefficient (Wildman–Crippen LogP) is 17.5. The van der Waals surface area contributed by atoms with Gasteiger partial charge in [-0.1, -0.05) is 0 Å². The first kappa shape index (κ1) is 93.1. The number of rotatable bonds is 35. The lowest BCUT2D eigenvalue weighted by Gasteiger charge is -2.46. The van der Waals surface area contributed by atoms with Crippen molar-refractivity contribution in [2.45, 2.75) is 205 Å². The first-order chi connectivity index (χ1) is 41.8. The van der Waals surface area contributed by atoms with Gasteiger partial charge in [0, 0.05) is 25.7 Å². The minimum Gasteiger partial charge on any atom is -0.463 e. The van der Waals surface area contributed by atoms with Gasteiger partial charge in [-0.2, -0.15) is 237 Å². The molecule has 2 unspecified atom stereocenters. The molecule has 98 heavy (non-hydrogen) atoms. The molecule has 0 heterocycles. The number of unbranched alkanes of at least 4 members (excludes halogenated alkanes) is 1. The molecule has 2 N–H and O–H groups in total. The highest BCUT2D eigenvalue weighted by molar-refractivity contribution is 5.70. The smallest absolute Gasteiger partial charge is 0.460 e. The van der Waals surface area contributed by atoms with Crippen LogP contribution >= 0.6 is 0 Å². The number of hydrogen-bond acceptors (Lipinski definition) is 6. The summed E-state index contributed by atoms with van der Waals surface area (Å²) in [6, 6.07) is 0. The highest BCUT2D eigenvalue weighted by Crippen LogP contribution is 2.72. The zero-order valence-electron chi connectivity index (χ0n) is 43.7. The van der Waals surface area contributed by atoms with Crippen LogP contribution in [0.1, 0.15) is 38.5 Å². The van der Waals surface area contributed by atoms with Crippen molar-refractivity contribution in [1.29, 1.82) is 0 Å². The lowest BCUT2D eigenvalue weighted by molar-refractivity contribution is -0.485. The highest BCUT2D eigenvalue weighted by Gasteiger charge is 3.03. The largest absolute Gasteiger partial charge is 0.463 e. The Hall–Kier alpha value is -4.92. The first-order valence-corrected chi connectivity index (χ1v) is 22.7. The van der Waals surface area contributed by atoms with Gasteiger partial charge in [0.25, 0.3) is 0 Å². The number of hydrogen-bond donors (Lipinski definition) is 2. The number of halogens is 54. The number of ether oxygens (including phenoxy) is 2. The van der Waals surface area contributed by atoms with Crippen molar-refractivity contribution < 1.29 is 266 Å². The van der Waals surface area contributed by atoms with Crippen LogP contribution in [0, 0.1) is 0 Å². The Kier molecular flexibility index (Phi) is 24.2. The molecule has 0 radical (unpaired) electrons. The van der Waals surface area contributed by atoms with E-state index in [2.05, 4.69) is 9.47 Å². The molecule has 586 valence electrons. The second-order valence-electron chi connectivity index (χ2n) is 19.3. The third-order valence-electron chi connectivity index (χ3n) is 12.4. The van der Waals surface area contributed by atoms with Crippen LogP contribution in [0.2, 0.25) is 0 Å². The van der Waals surface area contributed by atoms with Crippen LogP contribution in [0.4, 0.5) is 237 Å². The first-order valence-electron chi connectivity index (χ1n) is 22.7. The number of aliphatic hydroxyl groups excluding tert-OH is 2. The van der Waals surface area contributed by atoms with Crippen molar-refractivity contribution in [3.63, 3.8) is 0 Å². The van der Waals surface area contributed by atoms with Gasteiger partial charge in [0.15, 0.2) is 0 Å². The summed E-state index contributed by atoms with van der Waals surface area (Å²) < 4.78 is 748. The van der Waals surface area contributed by atoms with E-state index < -0.39 is 230 Å². The van der Waals surface area contributed by atoms with Gasteiger partial charge in [0.05, 0.1) is 12.2 Å². The molecule has 0 amide bonds. The Morgan fingerprint density at radius 3 is 0.469 bits per heavy atom. The van der Waals surface area contributed by atoms with Crippen LogP contribution in [0.15, 0.2) is 0 Å². The van der Waals surface area contributed by atoms with Crippen LogP contribution in [-0.2, 0) is 19.1 Å². The molecule has 0 aromatic heterocycles. The second-order valence-corrected chi connectivity index (χ2v) is 19.3. The fourth-order valence-electron chi connectivity index (χ4n) is 6.39. The van der Waals surface area contributed by atoms with Crippen molar-refractivity contribution in [2.24, 2.45) is 0 Å². The number of esters is 2. The molecule has 60 heteroatoms. The van der Waals surface area contributed by atoms with E-state index in [1.165, 1.54) is 0 Å². The van der Waals surface area contributed by atoms with Gasteiger partial charge in [-0.3, -0.25) is 9.59 Å². The Labute approximate surface area is 497 Å². The van der Waals surface area contributed by atoms with Crippen LogP contribution < -0.4 is 0 Å². The predicted molar refractivity (Wildman–Crippen MR) is 192 cm³/mol. The molecule has 0 aliphatic carbocycles. The Bertz CT molecular complexity index is 2580. The maximum atomic E-state index is 14.3. The monoisotopic (exact) mass is 1600 g/mol. The molecule has 0 aliphatic rings. The van der Waals surface area contributed by atoms with Gasteiger partial charge in [0.2, 0.25) is 0 Å². The lowest BCUT2D eigenvalue weighted by atomic mass is 9.83. The number of aliphatic hydroxyl groups is 2. The Morgan fingerprint density at radius 2 is 0.337 bits per heavy atom. The van der Waals surface area contributed by atoms with Crippen LogP contribution in [0.25, 0.3) is 0 Å². The van der Waals surface area contributed by atoms with E-state index in [-0.39, 0.29) is 0 Å². The van der Waals surface area contributed by atoms with Crippen molar-refractivity contribution >= 4 is 11.9 Å². The average molecular weight is 1600 g/mol. The average Bonchev–Trinajstić information content (AvgIpc) is 0.688. The number of carbonyl (C=O) groups is 2. The summed E-state index contributed by atoms with van der Waals surface area (Å²) in [5.74, 6) is -232. The van der Waals surface area contributed by atoms with Gasteiger partial charge in [-0.05, 0) is 12.8 Å². The topological polar surface area (TPSA) is 93.1 Å². The van der Waals surface area contributed by atoms with Gasteiger partial charge in [0.1, 0.15) is 13.2 Å². The molecule has 0 rings (SSSR count). The van der Waals surface area contributed by atoms with Gasteiger partial charge in [-0.15, -0.1) is 0 Å². The number of carbonyl (C=O) groups excluding carboxylic acids is 2. The van der Waals surface area contributed by atoms with E-state index >= 15 is 0 Å². The van der Waals surface area contributed by atoms with E-state index in [0.717, 1.165) is 0 Å². The quantitative estimate of drug-likeness (QED) is 0.0373. The molecule has 6 nitrogen and oxygen atoms in total. The molecule has 0 aromatic rings. The fourth-order valence-corrected chi connectivity index (χ4v) is 6.39. The zero-order chi connectivity index (χ0) is 80.4. The molecule has 2 atom stereocenters. The molecular weight excluding hydrogens is 1580 g/mol. The summed E-state index contributed by atoms with van der Waals surface area (Å²) in [5, 5.41) is 18.8. The SMILES string of the molecule is O=C(CCCCC(=O)OCC(O)CC(F)(F)C(F)(F)C(F)(F)C(F)(F)C(F)(F)C(F)(F)C(F)(F)C(F)(F)C(F)(F)C(F)(F)C(F)(F)C(F)(F)C(F)(F)F)OCC(O)CC(F)(F)C(F)(F)C(F)(F)C(F)(F)C(F)(F)C(F)(F)C(F)(F)C(F)(F)C(F)(F)C(F)(F)C(F)(F)C(F)(F)C(F)(F)F. The van der Waals surface area contributed by atoms with Crippen LogP contribution in [-0.4, -0.2) is 202 Å². The minimum absolute atomic E-state index is 1.15. The van der Waals surface area contributed by atoms with Gasteiger partial charge in [-0.25, -0.2) is 0 Å². The third kappa shape index (κ3) is 13.0. The van der Waals surface area contributed by atoms with Crippen LogP contribution in [0.3, 0.4) is 0 Å². The van der Waals surface area contributed by atoms with E-state index in [4.69, 9.17) is 0 Å². The fraction of sp³-hybridized carbons (Fsp3) is 0.947. The summed E-state index contributed by atoms with van der Waals surface area (Å²) in [7, 11) is 0. The maximum absolute atomic E-state index is 14.3. The molecule has 0 bridgehead atoms. The maximum Gasteiger partial charge on any atom is 0.460 e. The molecular formula is C38H20F54O6. The summed E-state index contributed by atoms with van der Waals surface area (Å²) in [4.78, 5) is 23.5. The number of alkyl halides is 54. The second kappa shape index (κ2) is 25.5. The van der Waals surface area contributed by atoms with E-state index in [1.54, 1.807) is 0 Å². The standard InChI is InChI=1S/C38H20F54O6/c39-13(40,15(43,44)17(47,48)19(51,52)21(55,56)23(59,60)25(63,64)27(67,68)29(71,72)31(75,76)33(79,80)35(83,84)37(87,88)89)5-9(93)7-97-11(95)3-1-2-4-12(96)98-8-10(94)6-14(41,42)16(45,46)18(49,50)20(53,54)22(57,58)24(61,62)26(65,66)28(69,70)30(73,74)32(77,78)34(81,82)36(85,86)38(90,91)92/h9-10,93-94H,1-8H2.